The molecule has 0 saturated heterocycles. The summed E-state index contributed by atoms with van der Waals surface area (Å²) in [7, 11) is -1.87. The van der Waals surface area contributed by atoms with Gasteiger partial charge >= 0.3 is 0 Å². The average Bonchev–Trinajstić information content (AvgIpc) is 3.94. The molecule has 0 N–H and O–H groups in total. The first kappa shape index (κ1) is 39.5. The van der Waals surface area contributed by atoms with Gasteiger partial charge in [-0.05, 0) is 147 Å². The van der Waals surface area contributed by atoms with E-state index in [9.17, 15) is 0 Å². The van der Waals surface area contributed by atoms with Crippen LogP contribution in [-0.2, 0) is 0 Å². The normalized spacial score (nSPS) is 12.3. The van der Waals surface area contributed by atoms with E-state index < -0.39 is 10.0 Å². The van der Waals surface area contributed by atoms with Crippen LogP contribution >= 0.6 is 10.0 Å². The van der Waals surface area contributed by atoms with Crippen LogP contribution in [0.25, 0.3) is 98.4 Å². The molecule has 0 aliphatic carbocycles. The van der Waals surface area contributed by atoms with E-state index in [-0.39, 0.29) is 0 Å². The Labute approximate surface area is 401 Å². The third-order valence-corrected chi connectivity index (χ3v) is 18.3. The van der Waals surface area contributed by atoms with Crippen LogP contribution in [0.4, 0.5) is 0 Å². The fourth-order valence-electron chi connectivity index (χ4n) is 11.4. The molecule has 0 unspecified atom stereocenters. The molecule has 2 aromatic heterocycles. The Morgan fingerprint density at radius 3 is 1.04 bits per heavy atom. The lowest BCUT2D eigenvalue weighted by Gasteiger charge is -2.42. The molecule has 0 radical (unpaired) electrons. The SMILES string of the molecule is c1ccc(S(c2ccccc2)(c2ccccc2)c2cccc(-n3c4ccccc4c4cc(-c5ccc6c(c5)c5ccccc5n6-c5ccc6c7ccccc7c7ccccc7c6c5)ccc43)c2)cc1. The lowest BCUT2D eigenvalue weighted by atomic mass is 9.94. The molecule has 0 fully saturated rings. The quantitative estimate of drug-likeness (QED) is 0.141. The fraction of sp³-hybridized carbons (Fsp3) is 0. The lowest BCUT2D eigenvalue weighted by molar-refractivity contribution is 1.15. The van der Waals surface area contributed by atoms with Crippen molar-refractivity contribution in [1.29, 1.82) is 0 Å². The highest BCUT2D eigenvalue weighted by atomic mass is 32.3. The third kappa shape index (κ3) is 6.01. The molecule has 0 amide bonds. The highest BCUT2D eigenvalue weighted by molar-refractivity contribution is 8.34. The Morgan fingerprint density at radius 2 is 0.565 bits per heavy atom. The first-order chi connectivity index (χ1) is 34.2. The minimum Gasteiger partial charge on any atom is -0.309 e. The number of para-hydroxylation sites is 2. The molecule has 0 aliphatic heterocycles. The van der Waals surface area contributed by atoms with Crippen LogP contribution in [0.1, 0.15) is 0 Å². The van der Waals surface area contributed by atoms with Gasteiger partial charge in [-0.15, -0.1) is 10.0 Å². The highest BCUT2D eigenvalue weighted by Gasteiger charge is 2.33. The molecule has 14 aromatic rings. The molecular formula is C66H44N2S. The van der Waals surface area contributed by atoms with Crippen molar-refractivity contribution in [3.8, 4) is 22.5 Å². The molecule has 2 nitrogen and oxygen atoms in total. The minimum absolute atomic E-state index is 1.15. The van der Waals surface area contributed by atoms with Crippen LogP contribution in [0.3, 0.4) is 0 Å². The summed E-state index contributed by atoms with van der Waals surface area (Å²) in [6, 6.07) is 99.2. The predicted molar refractivity (Wildman–Crippen MR) is 293 cm³/mol. The van der Waals surface area contributed by atoms with Crippen molar-refractivity contribution in [3.05, 3.63) is 267 Å². The summed E-state index contributed by atoms with van der Waals surface area (Å²) in [5, 5.41) is 12.7. The second-order valence-corrected chi connectivity index (χ2v) is 21.1. The van der Waals surface area contributed by atoms with Crippen LogP contribution in [0, 0.1) is 0 Å². The molecule has 324 valence electrons. The molecule has 3 heteroatoms. The number of aromatic nitrogens is 2. The average molecular weight is 897 g/mol. The van der Waals surface area contributed by atoms with E-state index in [0.717, 1.165) is 11.4 Å². The van der Waals surface area contributed by atoms with Crippen molar-refractivity contribution in [2.75, 3.05) is 0 Å². The zero-order valence-corrected chi connectivity index (χ0v) is 38.5. The molecule has 14 rings (SSSR count). The Bertz CT molecular complexity index is 4170. The van der Waals surface area contributed by atoms with E-state index in [0.29, 0.717) is 0 Å². The zero-order valence-electron chi connectivity index (χ0n) is 37.7. The largest absolute Gasteiger partial charge is 0.309 e. The summed E-state index contributed by atoms with van der Waals surface area (Å²) in [6.45, 7) is 0. The van der Waals surface area contributed by atoms with Gasteiger partial charge in [-0.3, -0.25) is 0 Å². The lowest BCUT2D eigenvalue weighted by Crippen LogP contribution is -2.06. The van der Waals surface area contributed by atoms with Crippen molar-refractivity contribution in [1.82, 2.24) is 9.13 Å². The molecule has 12 aromatic carbocycles. The van der Waals surface area contributed by atoms with Gasteiger partial charge in [0, 0.05) is 52.5 Å². The van der Waals surface area contributed by atoms with Crippen LogP contribution < -0.4 is 0 Å². The Kier molecular flexibility index (Phi) is 9.02. The van der Waals surface area contributed by atoms with Crippen LogP contribution in [-0.4, -0.2) is 9.13 Å². The van der Waals surface area contributed by atoms with Gasteiger partial charge in [0.25, 0.3) is 0 Å². The number of benzene rings is 12. The van der Waals surface area contributed by atoms with Gasteiger partial charge in [0.2, 0.25) is 0 Å². The second-order valence-electron chi connectivity index (χ2n) is 18.0. The summed E-state index contributed by atoms with van der Waals surface area (Å²) in [5.41, 5.74) is 9.48. The van der Waals surface area contributed by atoms with Crippen LogP contribution in [0.2, 0.25) is 0 Å². The van der Waals surface area contributed by atoms with Crippen molar-refractivity contribution in [3.63, 3.8) is 0 Å². The first-order valence-corrected chi connectivity index (χ1v) is 25.4. The Morgan fingerprint density at radius 1 is 0.203 bits per heavy atom. The highest BCUT2D eigenvalue weighted by Crippen LogP contribution is 2.73. The van der Waals surface area contributed by atoms with E-state index >= 15 is 0 Å². The minimum atomic E-state index is -1.87. The third-order valence-electron chi connectivity index (χ3n) is 14.4. The first-order valence-electron chi connectivity index (χ1n) is 23.7. The molecule has 69 heavy (non-hydrogen) atoms. The summed E-state index contributed by atoms with van der Waals surface area (Å²) in [4.78, 5) is 5.23. The van der Waals surface area contributed by atoms with Gasteiger partial charge < -0.3 is 9.13 Å². The molecule has 0 spiro atoms. The fourth-order valence-corrected chi connectivity index (χ4v) is 15.3. The summed E-state index contributed by atoms with van der Waals surface area (Å²) < 4.78 is 4.92. The van der Waals surface area contributed by atoms with Crippen molar-refractivity contribution < 1.29 is 0 Å². The standard InChI is InChI=1S/C66H44N2S/c1-4-20-49(21-5-1)69(50-22-6-2-7-23-50,51-24-8-3-9-25-51)52-26-18-19-47(43-52)67-63-33-16-14-31-58(63)61-41-45(35-39-65(61)67)46-36-40-66-62(42-46)59-32-15-17-34-64(59)68(66)48-37-38-57-55-29-11-10-27-53(55)54-28-12-13-30-56(54)60(57)44-48/h1-44H. The molecular weight excluding hydrogens is 853 g/mol. The Balaban J connectivity index is 0.925. The Hall–Kier alpha value is -8.63. The molecule has 0 atom stereocenters. The summed E-state index contributed by atoms with van der Waals surface area (Å²) >= 11 is 0. The van der Waals surface area contributed by atoms with Crippen molar-refractivity contribution in [2.45, 2.75) is 19.6 Å². The number of hydrogen-bond donors (Lipinski definition) is 0. The van der Waals surface area contributed by atoms with Crippen molar-refractivity contribution >= 4 is 86.0 Å². The van der Waals surface area contributed by atoms with E-state index in [2.05, 4.69) is 276 Å². The monoisotopic (exact) mass is 896 g/mol. The van der Waals surface area contributed by atoms with Crippen LogP contribution in [0.15, 0.2) is 287 Å². The maximum Gasteiger partial charge on any atom is 0.0541 e. The van der Waals surface area contributed by atoms with Gasteiger partial charge in [0.1, 0.15) is 0 Å². The smallest absolute Gasteiger partial charge is 0.0541 e. The molecule has 0 bridgehead atoms. The maximum atomic E-state index is 2.47. The predicted octanol–water partition coefficient (Wildman–Crippen LogP) is 18.3. The van der Waals surface area contributed by atoms with E-state index in [1.54, 1.807) is 0 Å². The van der Waals surface area contributed by atoms with E-state index in [4.69, 9.17) is 0 Å². The molecule has 0 aliphatic rings. The second kappa shape index (κ2) is 15.7. The molecule has 0 saturated carbocycles. The maximum absolute atomic E-state index is 2.47. The molecule has 2 heterocycles. The van der Waals surface area contributed by atoms with Crippen LogP contribution in [0.5, 0.6) is 0 Å². The van der Waals surface area contributed by atoms with Gasteiger partial charge in [0.05, 0.1) is 22.1 Å². The van der Waals surface area contributed by atoms with E-state index in [1.165, 1.54) is 107 Å². The summed E-state index contributed by atoms with van der Waals surface area (Å²) in [6.07, 6.45) is 0. The van der Waals surface area contributed by atoms with E-state index in [1.807, 2.05) is 0 Å². The number of nitrogens with zero attached hydrogens (tertiary/aromatic N) is 2. The zero-order chi connectivity index (χ0) is 45.5. The topological polar surface area (TPSA) is 9.86 Å². The summed E-state index contributed by atoms with van der Waals surface area (Å²) in [5.74, 6) is 0. The van der Waals surface area contributed by atoms with Gasteiger partial charge in [-0.1, -0.05) is 164 Å². The number of fused-ring (bicyclic) bond motifs is 12. The number of rotatable bonds is 7. The number of hydrogen-bond acceptors (Lipinski definition) is 0. The van der Waals surface area contributed by atoms with Gasteiger partial charge in [-0.25, -0.2) is 0 Å². The van der Waals surface area contributed by atoms with Gasteiger partial charge in [0.15, 0.2) is 0 Å². The van der Waals surface area contributed by atoms with Gasteiger partial charge in [-0.2, -0.15) is 0 Å². The van der Waals surface area contributed by atoms with Crippen molar-refractivity contribution in [2.24, 2.45) is 0 Å².